The highest BCUT2D eigenvalue weighted by atomic mass is 16.6. The topological polar surface area (TPSA) is 78.9 Å². The fourth-order valence-corrected chi connectivity index (χ4v) is 10.8. The summed E-state index contributed by atoms with van der Waals surface area (Å²) in [5.74, 6) is -0.903. The zero-order valence-electron chi connectivity index (χ0n) is 55.5. The molecule has 0 amide bonds. The molecule has 0 aromatic carbocycles. The van der Waals surface area contributed by atoms with Gasteiger partial charge in [0, 0.05) is 19.3 Å². The molecule has 0 bridgehead atoms. The van der Waals surface area contributed by atoms with E-state index < -0.39 is 6.10 Å². The van der Waals surface area contributed by atoms with Gasteiger partial charge >= 0.3 is 17.9 Å². The van der Waals surface area contributed by atoms with Crippen molar-refractivity contribution < 1.29 is 28.6 Å². The Bertz CT molecular complexity index is 1520. The molecule has 83 heavy (non-hydrogen) atoms. The summed E-state index contributed by atoms with van der Waals surface area (Å²) < 4.78 is 17.0. The highest BCUT2D eigenvalue weighted by Gasteiger charge is 2.19. The standard InChI is InChI=1S/C77H138O6/c1-4-7-10-13-16-19-22-25-28-30-31-32-33-34-35-36-37-38-39-40-41-42-43-44-45-47-49-52-55-58-61-64-67-70-76(79)82-73-74(72-81-75(78)69-66-63-60-57-54-51-48-27-24-21-18-15-12-9-6-3)83-77(80)71-68-65-62-59-56-53-50-46-29-26-23-20-17-14-11-8-5-2/h9,12,18,21-22,25,27,30-31,48,54,57,74H,4-8,10-11,13-17,19-20,23-24,26,28-29,32-47,49-53,55-56,58-73H2,1-3H3/b12-9-,21-18-,25-22-,31-30-,48-27-,57-54-. The molecular formula is C77H138O6. The highest BCUT2D eigenvalue weighted by Crippen LogP contribution is 2.18. The lowest BCUT2D eigenvalue weighted by Gasteiger charge is -2.18. The Kier molecular flexibility index (Phi) is 68.6. The van der Waals surface area contributed by atoms with E-state index in [4.69, 9.17) is 14.2 Å². The molecule has 0 aromatic rings. The minimum atomic E-state index is -0.790. The average Bonchev–Trinajstić information content (AvgIpc) is 3.49. The SMILES string of the molecule is CC/C=C\C/C=C\C/C=C\C/C=C\CCCCC(=O)OCC(COC(=O)CCCCCCCCCCCCCCCCCCCCCCC/C=C\C/C=C\CCCCCCC)OC(=O)CCCCCCCCCCCCCCCCCCC. The second-order valence-corrected chi connectivity index (χ2v) is 24.5. The first kappa shape index (κ1) is 79.8. The van der Waals surface area contributed by atoms with Gasteiger partial charge in [-0.25, -0.2) is 0 Å². The van der Waals surface area contributed by atoms with Gasteiger partial charge < -0.3 is 14.2 Å². The lowest BCUT2D eigenvalue weighted by atomic mass is 10.0. The minimum Gasteiger partial charge on any atom is -0.462 e. The third-order valence-electron chi connectivity index (χ3n) is 16.2. The summed E-state index contributed by atoms with van der Waals surface area (Å²) in [4.78, 5) is 38.4. The van der Waals surface area contributed by atoms with Gasteiger partial charge in [0.1, 0.15) is 13.2 Å². The van der Waals surface area contributed by atoms with Gasteiger partial charge in [-0.05, 0) is 89.9 Å². The smallest absolute Gasteiger partial charge is 0.306 e. The summed E-state index contributed by atoms with van der Waals surface area (Å²) in [6, 6.07) is 0. The summed E-state index contributed by atoms with van der Waals surface area (Å²) >= 11 is 0. The van der Waals surface area contributed by atoms with E-state index >= 15 is 0 Å². The molecule has 0 aliphatic heterocycles. The maximum atomic E-state index is 12.9. The molecule has 0 saturated heterocycles. The van der Waals surface area contributed by atoms with Crippen LogP contribution in [0.1, 0.15) is 380 Å². The number of hydrogen-bond donors (Lipinski definition) is 0. The van der Waals surface area contributed by atoms with E-state index in [0.29, 0.717) is 19.3 Å². The first-order chi connectivity index (χ1) is 41.0. The Morgan fingerprint density at radius 1 is 0.253 bits per heavy atom. The molecule has 0 N–H and O–H groups in total. The van der Waals surface area contributed by atoms with E-state index in [-0.39, 0.29) is 31.1 Å². The van der Waals surface area contributed by atoms with Crippen LogP contribution in [0.25, 0.3) is 0 Å². The summed E-state index contributed by atoms with van der Waals surface area (Å²) in [5, 5.41) is 0. The maximum Gasteiger partial charge on any atom is 0.306 e. The van der Waals surface area contributed by atoms with E-state index in [1.54, 1.807) is 0 Å². The summed E-state index contributed by atoms with van der Waals surface area (Å²) in [5.41, 5.74) is 0. The van der Waals surface area contributed by atoms with Gasteiger partial charge in [0.25, 0.3) is 0 Å². The number of esters is 3. The molecule has 0 aliphatic carbocycles. The second kappa shape index (κ2) is 71.3. The maximum absolute atomic E-state index is 12.9. The Balaban J connectivity index is 4.17. The quantitative estimate of drug-likeness (QED) is 0.0261. The molecule has 6 nitrogen and oxygen atoms in total. The van der Waals surface area contributed by atoms with Crippen molar-refractivity contribution in [2.24, 2.45) is 0 Å². The van der Waals surface area contributed by atoms with Crippen LogP contribution in [0, 0.1) is 0 Å². The largest absolute Gasteiger partial charge is 0.462 e. The van der Waals surface area contributed by atoms with Gasteiger partial charge in [-0.15, -0.1) is 0 Å². The first-order valence-corrected chi connectivity index (χ1v) is 36.4. The third-order valence-corrected chi connectivity index (χ3v) is 16.2. The van der Waals surface area contributed by atoms with Crippen molar-refractivity contribution in [3.05, 3.63) is 72.9 Å². The van der Waals surface area contributed by atoms with Gasteiger partial charge in [-0.1, -0.05) is 344 Å². The van der Waals surface area contributed by atoms with Crippen LogP contribution in [0.4, 0.5) is 0 Å². The predicted octanol–water partition coefficient (Wildman–Crippen LogP) is 25.2. The van der Waals surface area contributed by atoms with Crippen molar-refractivity contribution in [1.29, 1.82) is 0 Å². The fraction of sp³-hybridized carbons (Fsp3) is 0.805. The highest BCUT2D eigenvalue weighted by molar-refractivity contribution is 5.71. The molecule has 0 spiro atoms. The van der Waals surface area contributed by atoms with Crippen molar-refractivity contribution in [3.8, 4) is 0 Å². The van der Waals surface area contributed by atoms with Crippen molar-refractivity contribution in [2.45, 2.75) is 386 Å². The van der Waals surface area contributed by atoms with E-state index in [2.05, 4.69) is 93.7 Å². The number of rotatable bonds is 67. The first-order valence-electron chi connectivity index (χ1n) is 36.4. The monoisotopic (exact) mass is 1160 g/mol. The number of carbonyl (C=O) groups is 3. The Hall–Kier alpha value is -3.15. The number of allylic oxidation sites excluding steroid dienone is 12. The molecule has 0 aromatic heterocycles. The van der Waals surface area contributed by atoms with Gasteiger partial charge in [-0.3, -0.25) is 14.4 Å². The molecule has 482 valence electrons. The molecule has 0 rings (SSSR count). The fourth-order valence-electron chi connectivity index (χ4n) is 10.8. The van der Waals surface area contributed by atoms with Crippen LogP contribution in [-0.4, -0.2) is 37.2 Å². The van der Waals surface area contributed by atoms with Crippen LogP contribution in [0.2, 0.25) is 0 Å². The number of ether oxygens (including phenoxy) is 3. The van der Waals surface area contributed by atoms with E-state index in [1.165, 1.54) is 250 Å². The minimum absolute atomic E-state index is 0.0834. The van der Waals surface area contributed by atoms with Gasteiger partial charge in [0.15, 0.2) is 6.10 Å². The van der Waals surface area contributed by atoms with Gasteiger partial charge in [0.05, 0.1) is 0 Å². The molecular weight excluding hydrogens is 1020 g/mol. The number of carbonyl (C=O) groups excluding carboxylic acids is 3. The Morgan fingerprint density at radius 3 is 0.759 bits per heavy atom. The van der Waals surface area contributed by atoms with Crippen LogP contribution in [0.3, 0.4) is 0 Å². The van der Waals surface area contributed by atoms with Crippen LogP contribution >= 0.6 is 0 Å². The zero-order valence-corrected chi connectivity index (χ0v) is 55.5. The summed E-state index contributed by atoms with van der Waals surface area (Å²) in [7, 11) is 0. The lowest BCUT2D eigenvalue weighted by molar-refractivity contribution is -0.167. The summed E-state index contributed by atoms with van der Waals surface area (Å²) in [6.45, 7) is 6.54. The van der Waals surface area contributed by atoms with Crippen LogP contribution in [-0.2, 0) is 28.6 Å². The van der Waals surface area contributed by atoms with Crippen LogP contribution in [0.5, 0.6) is 0 Å². The third kappa shape index (κ3) is 69.5. The molecule has 0 radical (unpaired) electrons. The second-order valence-electron chi connectivity index (χ2n) is 24.5. The lowest BCUT2D eigenvalue weighted by Crippen LogP contribution is -2.30. The molecule has 0 aliphatic rings. The van der Waals surface area contributed by atoms with E-state index in [9.17, 15) is 14.4 Å². The molecule has 1 unspecified atom stereocenters. The van der Waals surface area contributed by atoms with Gasteiger partial charge in [0.2, 0.25) is 0 Å². The van der Waals surface area contributed by atoms with Crippen molar-refractivity contribution in [1.82, 2.24) is 0 Å². The van der Waals surface area contributed by atoms with Crippen molar-refractivity contribution >= 4 is 17.9 Å². The molecule has 1 atom stereocenters. The van der Waals surface area contributed by atoms with E-state index in [1.807, 2.05) is 0 Å². The molecule has 0 saturated carbocycles. The normalized spacial score (nSPS) is 12.5. The van der Waals surface area contributed by atoms with Gasteiger partial charge in [-0.2, -0.15) is 0 Å². The van der Waals surface area contributed by atoms with E-state index in [0.717, 1.165) is 89.9 Å². The Labute approximate surface area is 516 Å². The molecule has 0 heterocycles. The van der Waals surface area contributed by atoms with Crippen molar-refractivity contribution in [3.63, 3.8) is 0 Å². The zero-order chi connectivity index (χ0) is 59.9. The van der Waals surface area contributed by atoms with Crippen LogP contribution < -0.4 is 0 Å². The molecule has 6 heteroatoms. The average molecular weight is 1160 g/mol. The molecule has 0 fully saturated rings. The Morgan fingerprint density at radius 2 is 0.470 bits per heavy atom. The van der Waals surface area contributed by atoms with Crippen LogP contribution in [0.15, 0.2) is 72.9 Å². The van der Waals surface area contributed by atoms with Crippen molar-refractivity contribution in [2.75, 3.05) is 13.2 Å². The predicted molar refractivity (Wildman–Crippen MR) is 362 cm³/mol. The number of hydrogen-bond acceptors (Lipinski definition) is 6. The summed E-state index contributed by atoms with van der Waals surface area (Å²) in [6.07, 6.45) is 93.8. The number of unbranched alkanes of at least 4 members (excludes halogenated alkanes) is 44.